The van der Waals surface area contributed by atoms with Gasteiger partial charge in [0.05, 0.1) is 54.1 Å². The van der Waals surface area contributed by atoms with E-state index in [1.807, 2.05) is 63.6 Å². The Balaban J connectivity index is 1.52. The largest absolute Gasteiger partial charge is 0.497 e. The van der Waals surface area contributed by atoms with Gasteiger partial charge in [-0.05, 0) is 53.4 Å². The predicted molar refractivity (Wildman–Crippen MR) is 161 cm³/mol. The number of benzene rings is 2. The number of morpholine rings is 1. The van der Waals surface area contributed by atoms with Crippen LogP contribution in [0.3, 0.4) is 0 Å². The topological polar surface area (TPSA) is 113 Å². The fraction of sp³-hybridized carbons (Fsp3) is 0.400. The molecule has 0 bridgehead atoms. The number of carbonyl (C=O) groups excluding carboxylic acids is 1. The minimum absolute atomic E-state index is 0.0463. The molecule has 2 N–H and O–H groups in total. The number of nitrogen functional groups attached to an aromatic ring is 1. The standard InChI is InChI=1S/C30H34BrF2N7O3/c1-16-24(17(2)40(36-16)18-8-7-9-19(12-18)42-6)23-15-43-11-10-38(23)29(41)28(30(3,4)5)39-14-22(35-37-39)20-13-21(32)25(31)26(33)27(20)34/h7-9,12-14,23,28H,10-11,15,34H2,1-6H3. The summed E-state index contributed by atoms with van der Waals surface area (Å²) < 4.78 is 43.1. The van der Waals surface area contributed by atoms with Gasteiger partial charge < -0.3 is 20.1 Å². The number of aryl methyl sites for hydroxylation is 1. The summed E-state index contributed by atoms with van der Waals surface area (Å²) in [6.07, 6.45) is 1.50. The van der Waals surface area contributed by atoms with E-state index in [1.165, 1.54) is 10.9 Å². The lowest BCUT2D eigenvalue weighted by molar-refractivity contribution is -0.147. The molecule has 13 heteroatoms. The lowest BCUT2D eigenvalue weighted by atomic mass is 9.85. The van der Waals surface area contributed by atoms with Crippen LogP contribution in [0, 0.1) is 30.9 Å². The maximum atomic E-state index is 14.5. The summed E-state index contributed by atoms with van der Waals surface area (Å²) in [7, 11) is 1.61. The first-order chi connectivity index (χ1) is 20.3. The molecule has 0 saturated carbocycles. The van der Waals surface area contributed by atoms with Crippen LogP contribution in [0.5, 0.6) is 5.75 Å². The number of carbonyl (C=O) groups is 1. The Morgan fingerprint density at radius 1 is 1.23 bits per heavy atom. The third kappa shape index (κ3) is 5.63. The molecule has 43 heavy (non-hydrogen) atoms. The van der Waals surface area contributed by atoms with Gasteiger partial charge in [0.25, 0.3) is 0 Å². The minimum Gasteiger partial charge on any atom is -0.497 e. The van der Waals surface area contributed by atoms with Crippen molar-refractivity contribution >= 4 is 27.5 Å². The molecule has 2 aromatic carbocycles. The molecular weight excluding hydrogens is 624 g/mol. The molecule has 0 aliphatic carbocycles. The Bertz CT molecular complexity index is 1680. The fourth-order valence-corrected chi connectivity index (χ4v) is 5.95. The summed E-state index contributed by atoms with van der Waals surface area (Å²) in [5, 5.41) is 13.2. The van der Waals surface area contributed by atoms with Crippen LogP contribution in [0.1, 0.15) is 49.8 Å². The summed E-state index contributed by atoms with van der Waals surface area (Å²) in [6, 6.07) is 7.50. The molecule has 1 aliphatic rings. The monoisotopic (exact) mass is 657 g/mol. The molecule has 3 heterocycles. The summed E-state index contributed by atoms with van der Waals surface area (Å²) in [5.74, 6) is -1.23. The highest BCUT2D eigenvalue weighted by atomic mass is 79.9. The molecule has 1 fully saturated rings. The fourth-order valence-electron chi connectivity index (χ4n) is 5.62. The van der Waals surface area contributed by atoms with Gasteiger partial charge in [0, 0.05) is 29.4 Å². The molecule has 1 amide bonds. The predicted octanol–water partition coefficient (Wildman–Crippen LogP) is 5.57. The van der Waals surface area contributed by atoms with Gasteiger partial charge in [-0.2, -0.15) is 5.10 Å². The number of nitrogens with two attached hydrogens (primary N) is 1. The molecule has 0 spiro atoms. The van der Waals surface area contributed by atoms with E-state index in [2.05, 4.69) is 26.2 Å². The molecule has 10 nitrogen and oxygen atoms in total. The minimum atomic E-state index is -0.926. The number of halogens is 3. The van der Waals surface area contributed by atoms with Crippen molar-refractivity contribution < 1.29 is 23.0 Å². The molecule has 5 rings (SSSR count). The second-order valence-corrected chi connectivity index (χ2v) is 12.4. The Morgan fingerprint density at radius 3 is 2.67 bits per heavy atom. The maximum Gasteiger partial charge on any atom is 0.248 e. The Hall–Kier alpha value is -3.84. The molecule has 4 aromatic rings. The third-order valence-electron chi connectivity index (χ3n) is 7.70. The van der Waals surface area contributed by atoms with Gasteiger partial charge >= 0.3 is 0 Å². The molecule has 228 valence electrons. The van der Waals surface area contributed by atoms with Crippen LogP contribution >= 0.6 is 15.9 Å². The Kier molecular flexibility index (Phi) is 8.32. The smallest absolute Gasteiger partial charge is 0.248 e. The second-order valence-electron chi connectivity index (χ2n) is 11.6. The van der Waals surface area contributed by atoms with Gasteiger partial charge in [-0.1, -0.05) is 32.1 Å². The van der Waals surface area contributed by atoms with E-state index in [-0.39, 0.29) is 27.3 Å². The van der Waals surface area contributed by atoms with Crippen molar-refractivity contribution in [1.29, 1.82) is 0 Å². The highest BCUT2D eigenvalue weighted by Gasteiger charge is 2.42. The first-order valence-electron chi connectivity index (χ1n) is 13.8. The normalized spacial score (nSPS) is 16.4. The van der Waals surface area contributed by atoms with Gasteiger partial charge in [-0.3, -0.25) is 4.79 Å². The highest BCUT2D eigenvalue weighted by Crippen LogP contribution is 2.39. The van der Waals surface area contributed by atoms with E-state index < -0.39 is 29.1 Å². The molecule has 1 aliphatic heterocycles. The number of methoxy groups -OCH3 is 1. The van der Waals surface area contributed by atoms with Gasteiger partial charge in [0.1, 0.15) is 23.3 Å². The number of anilines is 1. The van der Waals surface area contributed by atoms with Gasteiger partial charge in [-0.15, -0.1) is 5.10 Å². The number of amides is 1. The first-order valence-corrected chi connectivity index (χ1v) is 14.6. The summed E-state index contributed by atoms with van der Waals surface area (Å²) in [6.45, 7) is 10.7. The zero-order chi connectivity index (χ0) is 31.2. The molecule has 0 radical (unpaired) electrons. The van der Waals surface area contributed by atoms with Crippen LogP contribution in [0.25, 0.3) is 16.9 Å². The lowest BCUT2D eigenvalue weighted by Crippen LogP contribution is -2.49. The van der Waals surface area contributed by atoms with Crippen molar-refractivity contribution in [3.63, 3.8) is 0 Å². The summed E-state index contributed by atoms with van der Waals surface area (Å²) >= 11 is 2.87. The molecular formula is C30H34BrF2N7O3. The number of rotatable bonds is 6. The number of hydrogen-bond acceptors (Lipinski definition) is 7. The lowest BCUT2D eigenvalue weighted by Gasteiger charge is -2.40. The van der Waals surface area contributed by atoms with E-state index in [9.17, 15) is 13.6 Å². The highest BCUT2D eigenvalue weighted by molar-refractivity contribution is 9.10. The second kappa shape index (κ2) is 11.7. The third-order valence-corrected chi connectivity index (χ3v) is 8.42. The van der Waals surface area contributed by atoms with Crippen molar-refractivity contribution in [3.05, 3.63) is 69.6 Å². The number of hydrogen-bond donors (Lipinski definition) is 1. The quantitative estimate of drug-likeness (QED) is 0.213. The van der Waals surface area contributed by atoms with Gasteiger partial charge in [0.2, 0.25) is 5.91 Å². The van der Waals surface area contributed by atoms with Crippen LogP contribution in [0.2, 0.25) is 0 Å². The molecule has 1 saturated heterocycles. The van der Waals surface area contributed by atoms with Crippen LogP contribution in [-0.2, 0) is 9.53 Å². The molecule has 2 atom stereocenters. The van der Waals surface area contributed by atoms with Crippen molar-refractivity contribution in [2.45, 2.75) is 46.7 Å². The van der Waals surface area contributed by atoms with Gasteiger partial charge in [-0.25, -0.2) is 18.1 Å². The SMILES string of the molecule is COc1cccc(-n2nc(C)c(C3COCCN3C(=O)C(n3cc(-c4cc(F)c(Br)c(F)c4N)nn3)C(C)(C)C)c2C)c1. The van der Waals surface area contributed by atoms with E-state index in [0.717, 1.165) is 28.7 Å². The van der Waals surface area contributed by atoms with Crippen LogP contribution < -0.4 is 10.5 Å². The summed E-state index contributed by atoms with van der Waals surface area (Å²) in [5.41, 5.74) is 8.65. The first kappa shape index (κ1) is 30.6. The number of nitrogens with zero attached hydrogens (tertiary/aromatic N) is 6. The van der Waals surface area contributed by atoms with E-state index in [1.54, 1.807) is 12.0 Å². The summed E-state index contributed by atoms with van der Waals surface area (Å²) in [4.78, 5) is 16.3. The average Bonchev–Trinajstić information content (AvgIpc) is 3.56. The van der Waals surface area contributed by atoms with Crippen molar-refractivity contribution in [3.8, 4) is 22.7 Å². The van der Waals surface area contributed by atoms with E-state index >= 15 is 0 Å². The Morgan fingerprint density at radius 2 is 1.98 bits per heavy atom. The zero-order valence-electron chi connectivity index (χ0n) is 24.9. The molecule has 2 aromatic heterocycles. The van der Waals surface area contributed by atoms with Crippen LogP contribution in [0.15, 0.2) is 41.0 Å². The van der Waals surface area contributed by atoms with Crippen molar-refractivity contribution in [2.75, 3.05) is 32.6 Å². The van der Waals surface area contributed by atoms with E-state index in [4.69, 9.17) is 20.3 Å². The zero-order valence-corrected chi connectivity index (χ0v) is 26.4. The van der Waals surface area contributed by atoms with Crippen molar-refractivity contribution in [2.24, 2.45) is 5.41 Å². The molecule has 2 unspecified atom stereocenters. The number of ether oxygens (including phenoxy) is 2. The average molecular weight is 659 g/mol. The maximum absolute atomic E-state index is 14.5. The van der Waals surface area contributed by atoms with Gasteiger partial charge in [0.15, 0.2) is 5.82 Å². The van der Waals surface area contributed by atoms with Crippen LogP contribution in [-0.4, -0.2) is 62.4 Å². The number of aromatic nitrogens is 5. The van der Waals surface area contributed by atoms with E-state index in [0.29, 0.717) is 25.5 Å². The Labute approximate surface area is 256 Å². The van der Waals surface area contributed by atoms with Crippen molar-refractivity contribution in [1.82, 2.24) is 29.7 Å². The van der Waals surface area contributed by atoms with Crippen LogP contribution in [0.4, 0.5) is 14.5 Å².